The van der Waals surface area contributed by atoms with Gasteiger partial charge in [-0.25, -0.2) is 0 Å². The summed E-state index contributed by atoms with van der Waals surface area (Å²) in [7, 11) is 2.02. The zero-order valence-corrected chi connectivity index (χ0v) is 16.0. The van der Waals surface area contributed by atoms with Crippen molar-refractivity contribution in [3.05, 3.63) is 28.8 Å². The molecule has 1 N–H and O–H groups in total. The number of ketones is 1. The summed E-state index contributed by atoms with van der Waals surface area (Å²) in [5.41, 5.74) is 5.76. The maximum atomic E-state index is 12.4. The quantitative estimate of drug-likeness (QED) is 0.739. The van der Waals surface area contributed by atoms with Gasteiger partial charge in [0.2, 0.25) is 0 Å². The molecule has 0 aliphatic heterocycles. The summed E-state index contributed by atoms with van der Waals surface area (Å²) < 4.78 is 0. The van der Waals surface area contributed by atoms with E-state index in [4.69, 9.17) is 0 Å². The highest BCUT2D eigenvalue weighted by Crippen LogP contribution is 2.59. The van der Waals surface area contributed by atoms with Crippen molar-refractivity contribution in [1.29, 1.82) is 0 Å². The monoisotopic (exact) mass is 327 g/mol. The first-order chi connectivity index (χ1) is 11.5. The van der Waals surface area contributed by atoms with Gasteiger partial charge in [0.15, 0.2) is 0 Å². The molecular formula is C22H33NO. The zero-order valence-electron chi connectivity index (χ0n) is 16.0. The minimum atomic E-state index is -0.00476. The molecule has 0 radical (unpaired) electrons. The second-order valence-electron chi connectivity index (χ2n) is 7.95. The van der Waals surface area contributed by atoms with E-state index in [0.29, 0.717) is 17.6 Å². The molecule has 24 heavy (non-hydrogen) atoms. The number of Topliss-reactive ketones (excluding diaryl/α,β-unsaturated/α-hetero) is 1. The predicted octanol–water partition coefficient (Wildman–Crippen LogP) is 5.49. The lowest BCUT2D eigenvalue weighted by molar-refractivity contribution is -0.129. The van der Waals surface area contributed by atoms with Gasteiger partial charge in [-0.3, -0.25) is 4.79 Å². The van der Waals surface area contributed by atoms with E-state index in [1.165, 1.54) is 30.5 Å². The van der Waals surface area contributed by atoms with Gasteiger partial charge in [-0.1, -0.05) is 26.8 Å². The first-order valence-electron chi connectivity index (χ1n) is 9.89. The normalized spacial score (nSPS) is 33.7. The fourth-order valence-corrected chi connectivity index (χ4v) is 5.78. The molecule has 0 aromatic heterocycles. The summed E-state index contributed by atoms with van der Waals surface area (Å²) in [4.78, 5) is 12.4. The zero-order chi connectivity index (χ0) is 17.5. The van der Waals surface area contributed by atoms with Crippen LogP contribution in [0.1, 0.15) is 75.5 Å². The largest absolute Gasteiger partial charge is 0.388 e. The lowest BCUT2D eigenvalue weighted by atomic mass is 9.55. The number of hydrogen-bond donors (Lipinski definition) is 1. The Morgan fingerprint density at radius 3 is 2.58 bits per heavy atom. The molecule has 1 aromatic carbocycles. The second-order valence-corrected chi connectivity index (χ2v) is 7.95. The Balaban J connectivity index is 0.000000815. The molecule has 2 heteroatoms. The van der Waals surface area contributed by atoms with Crippen LogP contribution in [0.4, 0.5) is 5.69 Å². The van der Waals surface area contributed by atoms with Crippen molar-refractivity contribution >= 4 is 11.5 Å². The van der Waals surface area contributed by atoms with Crippen LogP contribution in [0.2, 0.25) is 0 Å². The summed E-state index contributed by atoms with van der Waals surface area (Å²) in [5, 5.41) is 3.35. The Labute approximate surface area is 147 Å². The molecule has 4 unspecified atom stereocenters. The lowest BCUT2D eigenvalue weighted by Crippen LogP contribution is -2.42. The fourth-order valence-electron chi connectivity index (χ4n) is 5.78. The number of nitrogens with one attached hydrogen (secondary N) is 1. The Morgan fingerprint density at radius 1 is 1.12 bits per heavy atom. The summed E-state index contributed by atoms with van der Waals surface area (Å²) in [6, 6.07) is 4.80. The van der Waals surface area contributed by atoms with Crippen molar-refractivity contribution in [3.63, 3.8) is 0 Å². The number of benzene rings is 1. The van der Waals surface area contributed by atoms with Crippen LogP contribution < -0.4 is 5.32 Å². The van der Waals surface area contributed by atoms with Gasteiger partial charge >= 0.3 is 0 Å². The van der Waals surface area contributed by atoms with E-state index in [9.17, 15) is 4.79 Å². The first-order valence-corrected chi connectivity index (χ1v) is 9.89. The van der Waals surface area contributed by atoms with Crippen LogP contribution in [0.5, 0.6) is 0 Å². The number of hydrogen-bond acceptors (Lipinski definition) is 2. The minimum absolute atomic E-state index is 0.00476. The Kier molecular flexibility index (Phi) is 4.77. The SMILES string of the molecule is CC.CNc1cc2c(cc1C)CCC1C2CCC2(C)C(=O)CCC12. The van der Waals surface area contributed by atoms with Crippen molar-refractivity contribution in [3.8, 4) is 0 Å². The van der Waals surface area contributed by atoms with Gasteiger partial charge in [0, 0.05) is 24.6 Å². The van der Waals surface area contributed by atoms with Crippen molar-refractivity contribution in [2.75, 3.05) is 12.4 Å². The highest BCUT2D eigenvalue weighted by molar-refractivity contribution is 5.87. The first kappa shape index (κ1) is 17.5. The van der Waals surface area contributed by atoms with E-state index in [1.807, 2.05) is 20.9 Å². The van der Waals surface area contributed by atoms with Crippen LogP contribution in [0.25, 0.3) is 0 Å². The number of carbonyl (C=O) groups is 1. The molecule has 132 valence electrons. The molecule has 0 saturated heterocycles. The van der Waals surface area contributed by atoms with Crippen LogP contribution in [0.15, 0.2) is 12.1 Å². The van der Waals surface area contributed by atoms with E-state index < -0.39 is 0 Å². The molecule has 0 heterocycles. The van der Waals surface area contributed by atoms with Crippen molar-refractivity contribution < 1.29 is 4.79 Å². The molecule has 3 aliphatic rings. The van der Waals surface area contributed by atoms with Gasteiger partial charge in [0.25, 0.3) is 0 Å². The molecule has 3 aliphatic carbocycles. The molecular weight excluding hydrogens is 294 g/mol. The van der Waals surface area contributed by atoms with Crippen LogP contribution in [-0.4, -0.2) is 12.8 Å². The second kappa shape index (κ2) is 6.54. The van der Waals surface area contributed by atoms with Crippen molar-refractivity contribution in [2.45, 2.75) is 72.1 Å². The number of fused-ring (bicyclic) bond motifs is 5. The third-order valence-corrected chi connectivity index (χ3v) is 7.05. The number of carbonyl (C=O) groups excluding carboxylic acids is 1. The van der Waals surface area contributed by atoms with E-state index in [-0.39, 0.29) is 5.41 Å². The highest BCUT2D eigenvalue weighted by atomic mass is 16.1. The topological polar surface area (TPSA) is 29.1 Å². The van der Waals surface area contributed by atoms with E-state index >= 15 is 0 Å². The summed E-state index contributed by atoms with van der Waals surface area (Å²) in [5.74, 6) is 2.58. The molecule has 2 saturated carbocycles. The van der Waals surface area contributed by atoms with Crippen LogP contribution >= 0.6 is 0 Å². The third-order valence-electron chi connectivity index (χ3n) is 7.05. The highest BCUT2D eigenvalue weighted by Gasteiger charge is 2.54. The molecule has 0 amide bonds. The van der Waals surface area contributed by atoms with E-state index in [1.54, 1.807) is 11.1 Å². The predicted molar refractivity (Wildman–Crippen MR) is 102 cm³/mol. The minimum Gasteiger partial charge on any atom is -0.388 e. The summed E-state index contributed by atoms with van der Waals surface area (Å²) in [6.45, 7) is 8.46. The Hall–Kier alpha value is -1.31. The lowest BCUT2D eigenvalue weighted by Gasteiger charge is -2.48. The molecule has 2 nitrogen and oxygen atoms in total. The Morgan fingerprint density at radius 2 is 1.88 bits per heavy atom. The van der Waals surface area contributed by atoms with Gasteiger partial charge < -0.3 is 5.32 Å². The van der Waals surface area contributed by atoms with Gasteiger partial charge in [0.1, 0.15) is 5.78 Å². The van der Waals surface area contributed by atoms with Crippen LogP contribution in [-0.2, 0) is 11.2 Å². The molecule has 0 spiro atoms. The van der Waals surface area contributed by atoms with Crippen molar-refractivity contribution in [2.24, 2.45) is 17.3 Å². The molecule has 1 aromatic rings. The van der Waals surface area contributed by atoms with Gasteiger partial charge in [-0.15, -0.1) is 0 Å². The standard InChI is InChI=1S/C20H27NO.C2H6/c1-12-10-13-4-5-15-14(16(13)11-18(12)21-3)8-9-20(2)17(15)6-7-19(20)22;1-2/h10-11,14-15,17,21H,4-9H2,1-3H3;1-2H3. The van der Waals surface area contributed by atoms with Crippen LogP contribution in [0, 0.1) is 24.2 Å². The van der Waals surface area contributed by atoms with Crippen molar-refractivity contribution in [1.82, 2.24) is 0 Å². The van der Waals surface area contributed by atoms with Gasteiger partial charge in [-0.2, -0.15) is 0 Å². The van der Waals surface area contributed by atoms with E-state index in [2.05, 4.69) is 31.3 Å². The third kappa shape index (κ3) is 2.50. The fraction of sp³-hybridized carbons (Fsp3) is 0.682. The van der Waals surface area contributed by atoms with Crippen LogP contribution in [0.3, 0.4) is 0 Å². The number of aryl methyl sites for hydroxylation is 2. The smallest absolute Gasteiger partial charge is 0.139 e. The van der Waals surface area contributed by atoms with Gasteiger partial charge in [0.05, 0.1) is 0 Å². The number of rotatable bonds is 1. The summed E-state index contributed by atoms with van der Waals surface area (Å²) >= 11 is 0. The van der Waals surface area contributed by atoms with E-state index in [0.717, 1.165) is 25.2 Å². The van der Waals surface area contributed by atoms with Gasteiger partial charge in [-0.05, 0) is 79.5 Å². The Bertz CT molecular complexity index is 635. The molecule has 4 atom stereocenters. The summed E-state index contributed by atoms with van der Waals surface area (Å²) in [6.07, 6.45) is 6.73. The molecule has 2 fully saturated rings. The maximum Gasteiger partial charge on any atom is 0.139 e. The molecule has 0 bridgehead atoms. The number of anilines is 1. The maximum absolute atomic E-state index is 12.4. The average molecular weight is 328 g/mol. The molecule has 4 rings (SSSR count). The average Bonchev–Trinajstić information content (AvgIpc) is 2.91.